The maximum Gasteiger partial charge on any atom is 0.137 e. The third kappa shape index (κ3) is 6.56. The van der Waals surface area contributed by atoms with Crippen molar-refractivity contribution in [2.45, 2.75) is 0 Å². The van der Waals surface area contributed by atoms with Gasteiger partial charge in [-0.3, -0.25) is 19.1 Å². The van der Waals surface area contributed by atoms with Gasteiger partial charge in [-0.05, 0) is 84.9 Å². The molecule has 0 radical (unpaired) electrons. The molecule has 0 amide bonds. The molecular formula is C52H36N6O4. The molecule has 0 N–H and O–H groups in total. The highest BCUT2D eigenvalue weighted by atomic mass is 16.5. The van der Waals surface area contributed by atoms with E-state index < -0.39 is 0 Å². The Labute approximate surface area is 355 Å². The van der Waals surface area contributed by atoms with Crippen LogP contribution in [0.3, 0.4) is 0 Å². The van der Waals surface area contributed by atoms with Gasteiger partial charge >= 0.3 is 0 Å². The minimum Gasteiger partial charge on any atom is -0.495 e. The smallest absolute Gasteiger partial charge is 0.137 e. The molecule has 5 aromatic heterocycles. The Bertz CT molecular complexity index is 3200. The van der Waals surface area contributed by atoms with Gasteiger partial charge in [-0.15, -0.1) is 0 Å². The molecule has 0 aliphatic carbocycles. The Hall–Kier alpha value is -8.50. The monoisotopic (exact) mass is 808 g/mol. The molecular weight excluding hydrogens is 773 g/mol. The Morgan fingerprint density at radius 2 is 0.758 bits per heavy atom. The van der Waals surface area contributed by atoms with Gasteiger partial charge in [0.25, 0.3) is 0 Å². The lowest BCUT2D eigenvalue weighted by Crippen LogP contribution is -1.97. The van der Waals surface area contributed by atoms with Gasteiger partial charge < -0.3 is 18.9 Å². The number of methoxy groups -OCH3 is 2. The normalized spacial score (nSPS) is 11.4. The van der Waals surface area contributed by atoms with E-state index >= 15 is 0 Å². The Morgan fingerprint density at radius 1 is 0.339 bits per heavy atom. The minimum atomic E-state index is 0.682. The first-order chi connectivity index (χ1) is 30.6. The van der Waals surface area contributed by atoms with E-state index in [9.17, 15) is 0 Å². The summed E-state index contributed by atoms with van der Waals surface area (Å²) in [6.07, 6.45) is 7.03. The Balaban J connectivity index is 0.843. The Kier molecular flexibility index (Phi) is 9.01. The van der Waals surface area contributed by atoms with E-state index in [-0.39, 0.29) is 0 Å². The van der Waals surface area contributed by atoms with Crippen molar-refractivity contribution < 1.29 is 18.9 Å². The van der Waals surface area contributed by atoms with Crippen molar-refractivity contribution >= 4 is 43.6 Å². The zero-order valence-electron chi connectivity index (χ0n) is 33.6. The summed E-state index contributed by atoms with van der Waals surface area (Å²) in [6.45, 7) is 0. The standard InChI is InChI=1S/C52H36N6O4/c1-59-39-19-23-51(55-29-39)57-47-15-5-3-13-41(47)43-21-17-37(27-49(43)57)61-35-11-7-9-33(25-35)45-31-54-46(32-53-45)34-10-8-12-36(26-34)62-38-18-22-44-42-14-4-6-16-48(42)58(50(44)28-38)52-24-20-40(60-2)30-56-52/h3-32H,1-2H3. The molecule has 298 valence electrons. The van der Waals surface area contributed by atoms with Crippen LogP contribution < -0.4 is 18.9 Å². The van der Waals surface area contributed by atoms with Gasteiger partial charge in [0.1, 0.15) is 46.1 Å². The van der Waals surface area contributed by atoms with Gasteiger partial charge in [-0.1, -0.05) is 60.7 Å². The molecule has 0 saturated carbocycles. The lowest BCUT2D eigenvalue weighted by Gasteiger charge is -2.11. The molecule has 11 rings (SSSR count). The van der Waals surface area contributed by atoms with Gasteiger partial charge in [0.05, 0.1) is 72.5 Å². The molecule has 0 aliphatic heterocycles. The molecule has 0 spiro atoms. The minimum absolute atomic E-state index is 0.682. The molecule has 5 heterocycles. The first-order valence-corrected chi connectivity index (χ1v) is 20.1. The van der Waals surface area contributed by atoms with Crippen LogP contribution in [-0.2, 0) is 0 Å². The number of hydrogen-bond acceptors (Lipinski definition) is 8. The van der Waals surface area contributed by atoms with Crippen molar-refractivity contribution in [1.82, 2.24) is 29.1 Å². The maximum atomic E-state index is 6.48. The van der Waals surface area contributed by atoms with Crippen LogP contribution in [0.25, 0.3) is 77.8 Å². The van der Waals surface area contributed by atoms with Crippen molar-refractivity contribution in [3.05, 3.63) is 183 Å². The van der Waals surface area contributed by atoms with Gasteiger partial charge in [0, 0.05) is 44.8 Å². The number of aromatic nitrogens is 6. The molecule has 0 atom stereocenters. The van der Waals surface area contributed by atoms with Gasteiger partial charge in [-0.25, -0.2) is 9.97 Å². The summed E-state index contributed by atoms with van der Waals surface area (Å²) < 4.78 is 28.0. The second-order valence-electron chi connectivity index (χ2n) is 14.7. The predicted octanol–water partition coefficient (Wildman–Crippen LogP) is 12.4. The van der Waals surface area contributed by atoms with Crippen LogP contribution >= 0.6 is 0 Å². The average molecular weight is 809 g/mol. The SMILES string of the molecule is COc1ccc(-n2c3ccccc3c3ccc(Oc4cccc(-c5cnc(-c6cccc(Oc7ccc8c9ccccc9n(-c9ccc(OC)cn9)c8c7)c6)cn5)c4)cc32)nc1. The fraction of sp³-hybridized carbons (Fsp3) is 0.0385. The van der Waals surface area contributed by atoms with E-state index in [4.69, 9.17) is 38.9 Å². The van der Waals surface area contributed by atoms with Gasteiger partial charge in [0.15, 0.2) is 0 Å². The number of pyridine rings is 2. The number of para-hydroxylation sites is 2. The van der Waals surface area contributed by atoms with E-state index in [1.54, 1.807) is 39.0 Å². The summed E-state index contributed by atoms with van der Waals surface area (Å²) in [5.74, 6) is 5.75. The highest BCUT2D eigenvalue weighted by molar-refractivity contribution is 6.10. The van der Waals surface area contributed by atoms with Crippen LogP contribution in [0.1, 0.15) is 0 Å². The second-order valence-corrected chi connectivity index (χ2v) is 14.7. The quantitative estimate of drug-likeness (QED) is 0.135. The van der Waals surface area contributed by atoms with Crippen LogP contribution in [0.4, 0.5) is 0 Å². The van der Waals surface area contributed by atoms with Crippen LogP contribution in [0.15, 0.2) is 183 Å². The summed E-state index contributed by atoms with van der Waals surface area (Å²) in [5, 5.41) is 4.49. The zero-order chi connectivity index (χ0) is 41.6. The van der Waals surface area contributed by atoms with Gasteiger partial charge in [-0.2, -0.15) is 0 Å². The Morgan fingerprint density at radius 3 is 1.18 bits per heavy atom. The van der Waals surface area contributed by atoms with E-state index in [1.807, 2.05) is 97.1 Å². The highest BCUT2D eigenvalue weighted by Gasteiger charge is 2.17. The summed E-state index contributed by atoms with van der Waals surface area (Å²) in [6, 6.07) is 52.5. The number of nitrogens with zero attached hydrogens (tertiary/aromatic N) is 6. The van der Waals surface area contributed by atoms with Crippen LogP contribution in [0.2, 0.25) is 0 Å². The molecule has 10 nitrogen and oxygen atoms in total. The van der Waals surface area contributed by atoms with Crippen molar-refractivity contribution in [2.24, 2.45) is 0 Å². The van der Waals surface area contributed by atoms with Crippen LogP contribution in [0, 0.1) is 0 Å². The number of rotatable bonds is 10. The first kappa shape index (κ1) is 36.6. The molecule has 0 saturated heterocycles. The van der Waals surface area contributed by atoms with E-state index in [2.05, 4.69) is 69.8 Å². The number of hydrogen-bond donors (Lipinski definition) is 0. The third-order valence-electron chi connectivity index (χ3n) is 11.0. The summed E-state index contributed by atoms with van der Waals surface area (Å²) in [7, 11) is 3.28. The predicted molar refractivity (Wildman–Crippen MR) is 243 cm³/mol. The maximum absolute atomic E-state index is 6.48. The molecule has 10 heteroatoms. The number of benzene rings is 6. The summed E-state index contributed by atoms with van der Waals surface area (Å²) in [5.41, 5.74) is 7.30. The van der Waals surface area contributed by atoms with Crippen molar-refractivity contribution in [3.63, 3.8) is 0 Å². The molecule has 0 unspecified atom stereocenters. The van der Waals surface area contributed by atoms with Crippen LogP contribution in [-0.4, -0.2) is 43.3 Å². The molecule has 0 bridgehead atoms. The lowest BCUT2D eigenvalue weighted by atomic mass is 10.1. The fourth-order valence-corrected chi connectivity index (χ4v) is 8.11. The van der Waals surface area contributed by atoms with E-state index in [0.717, 1.165) is 77.8 Å². The molecule has 6 aromatic carbocycles. The molecule has 0 aliphatic rings. The van der Waals surface area contributed by atoms with Crippen molar-refractivity contribution in [3.8, 4) is 68.6 Å². The van der Waals surface area contributed by atoms with Gasteiger partial charge in [0.2, 0.25) is 0 Å². The molecule has 0 fully saturated rings. The van der Waals surface area contributed by atoms with E-state index in [1.165, 1.54) is 0 Å². The second kappa shape index (κ2) is 15.3. The zero-order valence-corrected chi connectivity index (χ0v) is 33.6. The first-order valence-electron chi connectivity index (χ1n) is 20.1. The summed E-state index contributed by atoms with van der Waals surface area (Å²) in [4.78, 5) is 19.0. The topological polar surface area (TPSA) is 98.3 Å². The summed E-state index contributed by atoms with van der Waals surface area (Å²) >= 11 is 0. The van der Waals surface area contributed by atoms with Crippen molar-refractivity contribution in [1.29, 1.82) is 0 Å². The average Bonchev–Trinajstić information content (AvgIpc) is 3.84. The largest absolute Gasteiger partial charge is 0.495 e. The van der Waals surface area contributed by atoms with E-state index in [0.29, 0.717) is 34.5 Å². The molecule has 11 aromatic rings. The van der Waals surface area contributed by atoms with Crippen LogP contribution in [0.5, 0.6) is 34.5 Å². The molecule has 62 heavy (non-hydrogen) atoms. The lowest BCUT2D eigenvalue weighted by molar-refractivity contribution is 0.412. The van der Waals surface area contributed by atoms with Crippen molar-refractivity contribution in [2.75, 3.05) is 14.2 Å². The highest BCUT2D eigenvalue weighted by Crippen LogP contribution is 2.38. The number of fused-ring (bicyclic) bond motifs is 6. The number of ether oxygens (including phenoxy) is 4. The fourth-order valence-electron chi connectivity index (χ4n) is 8.11. The third-order valence-corrected chi connectivity index (χ3v) is 11.0.